The van der Waals surface area contributed by atoms with Crippen LogP contribution in [0.25, 0.3) is 0 Å². The van der Waals surface area contributed by atoms with Crippen molar-refractivity contribution < 1.29 is 14.3 Å². The number of hydrogen-bond donors (Lipinski definition) is 3. The van der Waals surface area contributed by atoms with Gasteiger partial charge in [-0.15, -0.1) is 0 Å². The number of benzene rings is 2. The first-order chi connectivity index (χ1) is 11.0. The molecule has 6 nitrogen and oxygen atoms in total. The summed E-state index contributed by atoms with van der Waals surface area (Å²) >= 11 is 0. The summed E-state index contributed by atoms with van der Waals surface area (Å²) in [5.41, 5.74) is 7.93. The van der Waals surface area contributed by atoms with E-state index in [0.29, 0.717) is 17.8 Å². The fourth-order valence-corrected chi connectivity index (χ4v) is 2.00. The maximum Gasteiger partial charge on any atom is 0.319 e. The molecule has 4 N–H and O–H groups in total. The van der Waals surface area contributed by atoms with Gasteiger partial charge in [0.15, 0.2) is 0 Å². The number of urea groups is 1. The van der Waals surface area contributed by atoms with Crippen LogP contribution in [0.3, 0.4) is 0 Å². The molecule has 0 aliphatic rings. The summed E-state index contributed by atoms with van der Waals surface area (Å²) in [5, 5.41) is 5.47. The second-order valence-corrected chi connectivity index (χ2v) is 5.05. The van der Waals surface area contributed by atoms with E-state index < -0.39 is 5.91 Å². The molecule has 0 radical (unpaired) electrons. The van der Waals surface area contributed by atoms with E-state index in [-0.39, 0.29) is 6.03 Å². The number of carbonyl (C=O) groups excluding carboxylic acids is 2. The van der Waals surface area contributed by atoms with Crippen LogP contribution in [0.1, 0.15) is 21.5 Å². The molecule has 2 rings (SSSR count). The highest BCUT2D eigenvalue weighted by Gasteiger charge is 2.08. The predicted molar refractivity (Wildman–Crippen MR) is 88.5 cm³/mol. The minimum absolute atomic E-state index is 0.348. The van der Waals surface area contributed by atoms with E-state index in [4.69, 9.17) is 10.5 Å². The van der Waals surface area contributed by atoms with Gasteiger partial charge in [0, 0.05) is 17.8 Å². The zero-order chi connectivity index (χ0) is 16.8. The van der Waals surface area contributed by atoms with Gasteiger partial charge in [0.25, 0.3) is 0 Å². The smallest absolute Gasteiger partial charge is 0.319 e. The lowest BCUT2D eigenvalue weighted by atomic mass is 10.1. The van der Waals surface area contributed by atoms with Crippen molar-refractivity contribution in [3.05, 3.63) is 59.2 Å². The van der Waals surface area contributed by atoms with E-state index in [1.807, 2.05) is 31.2 Å². The number of amides is 3. The Morgan fingerprint density at radius 3 is 2.43 bits per heavy atom. The maximum atomic E-state index is 12.0. The molecule has 0 atom stereocenters. The first-order valence-corrected chi connectivity index (χ1v) is 7.08. The lowest BCUT2D eigenvalue weighted by Gasteiger charge is -2.11. The molecule has 3 amide bonds. The highest BCUT2D eigenvalue weighted by atomic mass is 16.5. The summed E-state index contributed by atoms with van der Waals surface area (Å²) < 4.78 is 5.08. The normalized spacial score (nSPS) is 10.0. The Hall–Kier alpha value is -3.02. The van der Waals surface area contributed by atoms with Crippen molar-refractivity contribution in [3.63, 3.8) is 0 Å². The van der Waals surface area contributed by atoms with Crippen LogP contribution in [-0.2, 0) is 6.54 Å². The van der Waals surface area contributed by atoms with Gasteiger partial charge in [0.1, 0.15) is 5.75 Å². The van der Waals surface area contributed by atoms with Gasteiger partial charge in [-0.25, -0.2) is 4.79 Å². The van der Waals surface area contributed by atoms with Crippen molar-refractivity contribution in [3.8, 4) is 5.75 Å². The van der Waals surface area contributed by atoms with E-state index in [1.54, 1.807) is 25.3 Å². The molecule has 0 aliphatic heterocycles. The van der Waals surface area contributed by atoms with E-state index >= 15 is 0 Å². The average Bonchev–Trinajstić information content (AvgIpc) is 2.55. The van der Waals surface area contributed by atoms with Gasteiger partial charge < -0.3 is 21.1 Å². The lowest BCUT2D eigenvalue weighted by molar-refractivity contribution is 0.100. The van der Waals surface area contributed by atoms with Crippen LogP contribution in [0.15, 0.2) is 42.5 Å². The number of carbonyl (C=O) groups is 2. The number of hydrogen-bond acceptors (Lipinski definition) is 3. The molecule has 0 saturated heterocycles. The summed E-state index contributed by atoms with van der Waals surface area (Å²) in [6.07, 6.45) is 0. The number of anilines is 1. The van der Waals surface area contributed by atoms with Crippen LogP contribution in [0, 0.1) is 6.92 Å². The van der Waals surface area contributed by atoms with Crippen LogP contribution >= 0.6 is 0 Å². The van der Waals surface area contributed by atoms with Crippen molar-refractivity contribution in [1.29, 1.82) is 0 Å². The zero-order valence-corrected chi connectivity index (χ0v) is 13.1. The topological polar surface area (TPSA) is 93.4 Å². The van der Waals surface area contributed by atoms with Crippen molar-refractivity contribution >= 4 is 17.6 Å². The third kappa shape index (κ3) is 4.47. The molecule has 0 unspecified atom stereocenters. The molecule has 0 bridgehead atoms. The number of ether oxygens (including phenoxy) is 1. The molecule has 6 heteroatoms. The largest absolute Gasteiger partial charge is 0.497 e. The molecule has 0 spiro atoms. The van der Waals surface area contributed by atoms with Crippen molar-refractivity contribution in [2.75, 3.05) is 12.4 Å². The molecular formula is C17H19N3O3. The van der Waals surface area contributed by atoms with Crippen molar-refractivity contribution in [2.24, 2.45) is 5.73 Å². The van der Waals surface area contributed by atoms with E-state index in [2.05, 4.69) is 10.6 Å². The lowest BCUT2D eigenvalue weighted by Crippen LogP contribution is -2.28. The van der Waals surface area contributed by atoms with Crippen LogP contribution in [0.5, 0.6) is 5.75 Å². The molecule has 0 saturated carbocycles. The molecule has 0 heterocycles. The number of nitrogens with two attached hydrogens (primary N) is 1. The van der Waals surface area contributed by atoms with Crippen molar-refractivity contribution in [1.82, 2.24) is 5.32 Å². The quantitative estimate of drug-likeness (QED) is 0.791. The standard InChI is InChI=1S/C17H19N3O3/c1-11-3-6-13(16(18)21)9-15(11)20-17(22)19-10-12-4-7-14(23-2)8-5-12/h3-9H,10H2,1-2H3,(H2,18,21)(H2,19,20,22). The Morgan fingerprint density at radius 1 is 1.13 bits per heavy atom. The van der Waals surface area contributed by atoms with E-state index in [0.717, 1.165) is 16.9 Å². The minimum Gasteiger partial charge on any atom is -0.497 e. The minimum atomic E-state index is -0.535. The monoisotopic (exact) mass is 313 g/mol. The molecule has 23 heavy (non-hydrogen) atoms. The number of aryl methyl sites for hydroxylation is 1. The molecule has 120 valence electrons. The Kier molecular flexibility index (Phi) is 5.19. The number of primary amides is 1. The number of nitrogens with one attached hydrogen (secondary N) is 2. The first kappa shape index (κ1) is 16.4. The highest BCUT2D eigenvalue weighted by molar-refractivity contribution is 5.96. The summed E-state index contributed by atoms with van der Waals surface area (Å²) in [6.45, 7) is 2.22. The first-order valence-electron chi connectivity index (χ1n) is 7.08. The van der Waals surface area contributed by atoms with E-state index in [9.17, 15) is 9.59 Å². The second-order valence-electron chi connectivity index (χ2n) is 5.05. The van der Waals surface area contributed by atoms with Crippen LogP contribution < -0.4 is 21.1 Å². The summed E-state index contributed by atoms with van der Waals surface area (Å²) in [7, 11) is 1.60. The van der Waals surface area contributed by atoms with Gasteiger partial charge in [-0.3, -0.25) is 4.79 Å². The molecule has 2 aromatic rings. The summed E-state index contributed by atoms with van der Waals surface area (Å²) in [4.78, 5) is 23.2. The number of methoxy groups -OCH3 is 1. The average molecular weight is 313 g/mol. The number of rotatable bonds is 5. The summed E-state index contributed by atoms with van der Waals surface area (Å²) in [6, 6.07) is 12.0. The van der Waals surface area contributed by atoms with Gasteiger partial charge in [-0.2, -0.15) is 0 Å². The van der Waals surface area contributed by atoms with E-state index in [1.165, 1.54) is 0 Å². The Labute approximate surface area is 134 Å². The SMILES string of the molecule is COc1ccc(CNC(=O)Nc2cc(C(N)=O)ccc2C)cc1. The van der Waals surface area contributed by atoms with Gasteiger partial charge >= 0.3 is 6.03 Å². The molecule has 0 aromatic heterocycles. The highest BCUT2D eigenvalue weighted by Crippen LogP contribution is 2.16. The van der Waals surface area contributed by atoms with Gasteiger partial charge in [0.2, 0.25) is 5.91 Å². The van der Waals surface area contributed by atoms with Crippen LogP contribution in [0.2, 0.25) is 0 Å². The predicted octanol–water partition coefficient (Wildman–Crippen LogP) is 2.42. The molecule has 0 aliphatic carbocycles. The van der Waals surface area contributed by atoms with Crippen LogP contribution in [0.4, 0.5) is 10.5 Å². The van der Waals surface area contributed by atoms with Crippen LogP contribution in [-0.4, -0.2) is 19.0 Å². The summed E-state index contributed by atoms with van der Waals surface area (Å²) in [5.74, 6) is 0.226. The Balaban J connectivity index is 1.96. The third-order valence-corrected chi connectivity index (χ3v) is 3.38. The van der Waals surface area contributed by atoms with Crippen molar-refractivity contribution in [2.45, 2.75) is 13.5 Å². The Morgan fingerprint density at radius 2 is 1.83 bits per heavy atom. The molecular weight excluding hydrogens is 294 g/mol. The maximum absolute atomic E-state index is 12.0. The van der Waals surface area contributed by atoms with Gasteiger partial charge in [-0.05, 0) is 42.3 Å². The van der Waals surface area contributed by atoms with Gasteiger partial charge in [0.05, 0.1) is 7.11 Å². The fraction of sp³-hybridized carbons (Fsp3) is 0.176. The second kappa shape index (κ2) is 7.31. The fourth-order valence-electron chi connectivity index (χ4n) is 2.00. The molecule has 0 fully saturated rings. The third-order valence-electron chi connectivity index (χ3n) is 3.38. The zero-order valence-electron chi connectivity index (χ0n) is 13.1. The molecule has 2 aromatic carbocycles. The van der Waals surface area contributed by atoms with Gasteiger partial charge in [-0.1, -0.05) is 18.2 Å². The Bertz CT molecular complexity index is 712.